The predicted molar refractivity (Wildman–Crippen MR) is 82.6 cm³/mol. The first-order valence-electron chi connectivity index (χ1n) is 6.91. The molecule has 1 aliphatic rings. The Morgan fingerprint density at radius 2 is 2.24 bits per heavy atom. The van der Waals surface area contributed by atoms with Gasteiger partial charge in [0.05, 0.1) is 5.56 Å². The van der Waals surface area contributed by atoms with E-state index in [0.717, 1.165) is 25.9 Å². The maximum atomic E-state index is 12.5. The van der Waals surface area contributed by atoms with Gasteiger partial charge < -0.3 is 16.0 Å². The lowest BCUT2D eigenvalue weighted by Crippen LogP contribution is -2.42. The number of hydrogen-bond donors (Lipinski definition) is 2. The number of nitrogens with zero attached hydrogens (tertiary/aromatic N) is 2. The van der Waals surface area contributed by atoms with Crippen molar-refractivity contribution in [2.75, 3.05) is 19.6 Å². The van der Waals surface area contributed by atoms with Crippen molar-refractivity contribution in [1.29, 1.82) is 0 Å². The Bertz CT molecular complexity index is 486. The lowest BCUT2D eigenvalue weighted by Gasteiger charge is -2.27. The Morgan fingerprint density at radius 1 is 1.48 bits per heavy atom. The molecule has 3 N–H and O–H groups in total. The van der Waals surface area contributed by atoms with E-state index in [4.69, 9.17) is 5.73 Å². The topological polar surface area (TPSA) is 88.3 Å². The Hall–Kier alpha value is -1.66. The number of primary amides is 1. The summed E-state index contributed by atoms with van der Waals surface area (Å²) in [7, 11) is 0. The second-order valence-corrected chi connectivity index (χ2v) is 4.94. The van der Waals surface area contributed by atoms with Gasteiger partial charge in [-0.1, -0.05) is 6.92 Å². The molecule has 6 nitrogen and oxygen atoms in total. The van der Waals surface area contributed by atoms with Crippen molar-refractivity contribution in [3.05, 3.63) is 29.6 Å². The quantitative estimate of drug-likeness (QED) is 0.842. The number of rotatable bonds is 5. The van der Waals surface area contributed by atoms with Crippen molar-refractivity contribution in [3.8, 4) is 0 Å². The number of nitrogens with two attached hydrogens (primary N) is 1. The van der Waals surface area contributed by atoms with E-state index in [1.807, 2.05) is 11.8 Å². The third-order valence-electron chi connectivity index (χ3n) is 3.47. The SMILES string of the molecule is CCCN(C(=O)c1ccc(C(N)=O)cn1)C1CCNC1.Cl. The first kappa shape index (κ1) is 17.4. The van der Waals surface area contributed by atoms with Crippen molar-refractivity contribution in [3.63, 3.8) is 0 Å². The van der Waals surface area contributed by atoms with Crippen LogP contribution >= 0.6 is 12.4 Å². The van der Waals surface area contributed by atoms with Crippen molar-refractivity contribution in [1.82, 2.24) is 15.2 Å². The molecular formula is C14H21ClN4O2. The van der Waals surface area contributed by atoms with Gasteiger partial charge in [0, 0.05) is 25.3 Å². The average Bonchev–Trinajstić information content (AvgIpc) is 2.98. The Morgan fingerprint density at radius 3 is 2.71 bits per heavy atom. The van der Waals surface area contributed by atoms with E-state index in [9.17, 15) is 9.59 Å². The predicted octanol–water partition coefficient (Wildman–Crippen LogP) is 0.816. The molecule has 1 aromatic heterocycles. The number of carbonyl (C=O) groups excluding carboxylic acids is 2. The lowest BCUT2D eigenvalue weighted by molar-refractivity contribution is 0.0685. The highest BCUT2D eigenvalue weighted by molar-refractivity contribution is 5.95. The maximum absolute atomic E-state index is 12.5. The fourth-order valence-corrected chi connectivity index (χ4v) is 2.41. The van der Waals surface area contributed by atoms with Crippen LogP contribution in [0.15, 0.2) is 18.3 Å². The summed E-state index contributed by atoms with van der Waals surface area (Å²) < 4.78 is 0. The first-order chi connectivity index (χ1) is 9.63. The van der Waals surface area contributed by atoms with Gasteiger partial charge in [-0.05, 0) is 31.5 Å². The number of pyridine rings is 1. The molecule has 21 heavy (non-hydrogen) atoms. The summed E-state index contributed by atoms with van der Waals surface area (Å²) in [5.74, 6) is -0.626. The highest BCUT2D eigenvalue weighted by Gasteiger charge is 2.27. The monoisotopic (exact) mass is 312 g/mol. The van der Waals surface area contributed by atoms with Crippen LogP contribution in [0.2, 0.25) is 0 Å². The molecule has 1 aliphatic heterocycles. The van der Waals surface area contributed by atoms with Crippen molar-refractivity contribution < 1.29 is 9.59 Å². The molecule has 1 fully saturated rings. The number of nitrogens with one attached hydrogen (secondary N) is 1. The summed E-state index contributed by atoms with van der Waals surface area (Å²) >= 11 is 0. The molecule has 2 rings (SSSR count). The van der Waals surface area contributed by atoms with E-state index in [1.54, 1.807) is 12.1 Å². The van der Waals surface area contributed by atoms with Crippen LogP contribution in [0.4, 0.5) is 0 Å². The zero-order valence-electron chi connectivity index (χ0n) is 12.0. The van der Waals surface area contributed by atoms with E-state index in [-0.39, 0.29) is 24.4 Å². The minimum atomic E-state index is -0.540. The number of amides is 2. The number of aromatic nitrogens is 1. The fourth-order valence-electron chi connectivity index (χ4n) is 2.41. The highest BCUT2D eigenvalue weighted by Crippen LogP contribution is 2.13. The molecule has 2 heterocycles. The minimum absolute atomic E-state index is 0. The second kappa shape index (κ2) is 7.95. The first-order valence-corrected chi connectivity index (χ1v) is 6.91. The van der Waals surface area contributed by atoms with Crippen LogP contribution in [0.1, 0.15) is 40.6 Å². The van der Waals surface area contributed by atoms with E-state index in [1.165, 1.54) is 6.20 Å². The summed E-state index contributed by atoms with van der Waals surface area (Å²) in [5.41, 5.74) is 5.83. The molecule has 0 aromatic carbocycles. The van der Waals surface area contributed by atoms with E-state index in [0.29, 0.717) is 17.8 Å². The highest BCUT2D eigenvalue weighted by atomic mass is 35.5. The lowest BCUT2D eigenvalue weighted by atomic mass is 10.1. The van der Waals surface area contributed by atoms with Crippen LogP contribution in [0.25, 0.3) is 0 Å². The van der Waals surface area contributed by atoms with Gasteiger partial charge in [-0.15, -0.1) is 12.4 Å². The van der Waals surface area contributed by atoms with Crippen molar-refractivity contribution in [2.24, 2.45) is 5.73 Å². The molecule has 0 bridgehead atoms. The fraction of sp³-hybridized carbons (Fsp3) is 0.500. The Balaban J connectivity index is 0.00000220. The van der Waals surface area contributed by atoms with Gasteiger partial charge in [-0.25, -0.2) is 0 Å². The zero-order valence-corrected chi connectivity index (χ0v) is 12.9. The summed E-state index contributed by atoms with van der Waals surface area (Å²) in [6.45, 7) is 4.52. The van der Waals surface area contributed by atoms with Gasteiger partial charge in [0.25, 0.3) is 5.91 Å². The van der Waals surface area contributed by atoms with Gasteiger partial charge in [-0.3, -0.25) is 14.6 Å². The van der Waals surface area contributed by atoms with Crippen molar-refractivity contribution in [2.45, 2.75) is 25.8 Å². The molecule has 0 aliphatic carbocycles. The van der Waals surface area contributed by atoms with E-state index >= 15 is 0 Å². The summed E-state index contributed by atoms with van der Waals surface area (Å²) in [5, 5.41) is 3.27. The Kier molecular flexibility index (Phi) is 6.58. The van der Waals surface area contributed by atoms with Crippen LogP contribution in [0.3, 0.4) is 0 Å². The molecule has 7 heteroatoms. The molecule has 1 saturated heterocycles. The zero-order chi connectivity index (χ0) is 14.5. The normalized spacial score (nSPS) is 17.1. The van der Waals surface area contributed by atoms with Crippen LogP contribution in [-0.4, -0.2) is 47.4 Å². The molecule has 1 atom stereocenters. The van der Waals surface area contributed by atoms with E-state index in [2.05, 4.69) is 10.3 Å². The van der Waals surface area contributed by atoms with Gasteiger partial charge in [0.15, 0.2) is 0 Å². The molecule has 116 valence electrons. The summed E-state index contributed by atoms with van der Waals surface area (Å²) in [4.78, 5) is 29.5. The molecule has 1 unspecified atom stereocenters. The van der Waals surface area contributed by atoms with Gasteiger partial charge in [-0.2, -0.15) is 0 Å². The van der Waals surface area contributed by atoms with Crippen LogP contribution in [-0.2, 0) is 0 Å². The van der Waals surface area contributed by atoms with Crippen LogP contribution < -0.4 is 11.1 Å². The largest absolute Gasteiger partial charge is 0.366 e. The second-order valence-electron chi connectivity index (χ2n) is 4.94. The number of carbonyl (C=O) groups is 2. The van der Waals surface area contributed by atoms with E-state index < -0.39 is 5.91 Å². The molecular weight excluding hydrogens is 292 g/mol. The molecule has 0 spiro atoms. The molecule has 0 saturated carbocycles. The average molecular weight is 313 g/mol. The number of halogens is 1. The van der Waals surface area contributed by atoms with Crippen LogP contribution in [0, 0.1) is 0 Å². The third-order valence-corrected chi connectivity index (χ3v) is 3.47. The maximum Gasteiger partial charge on any atom is 0.272 e. The molecule has 1 aromatic rings. The minimum Gasteiger partial charge on any atom is -0.366 e. The third kappa shape index (κ3) is 4.15. The molecule has 0 radical (unpaired) electrons. The summed E-state index contributed by atoms with van der Waals surface area (Å²) in [6, 6.07) is 3.33. The smallest absolute Gasteiger partial charge is 0.272 e. The Labute approximate surface area is 130 Å². The summed E-state index contributed by atoms with van der Waals surface area (Å²) in [6.07, 6.45) is 3.22. The standard InChI is InChI=1S/C14H20N4O2.ClH/c1-2-7-18(11-5-6-16-9-11)14(20)12-4-3-10(8-17-12)13(15)19;/h3-4,8,11,16H,2,5-7,9H2,1H3,(H2,15,19);1H. The number of hydrogen-bond acceptors (Lipinski definition) is 4. The van der Waals surface area contributed by atoms with Gasteiger partial charge in [0.2, 0.25) is 5.91 Å². The molecule has 2 amide bonds. The van der Waals surface area contributed by atoms with Gasteiger partial charge >= 0.3 is 0 Å². The van der Waals surface area contributed by atoms with Gasteiger partial charge in [0.1, 0.15) is 5.69 Å². The van der Waals surface area contributed by atoms with Crippen LogP contribution in [0.5, 0.6) is 0 Å². The van der Waals surface area contributed by atoms with Crippen molar-refractivity contribution >= 4 is 24.2 Å².